The number of ether oxygens (including phenoxy) is 1. The predicted octanol–water partition coefficient (Wildman–Crippen LogP) is 0.628. The molecule has 0 radical (unpaired) electrons. The zero-order valence-electron chi connectivity index (χ0n) is 7.40. The van der Waals surface area contributed by atoms with E-state index in [1.54, 1.807) is 6.20 Å². The quantitative estimate of drug-likeness (QED) is 0.694. The fourth-order valence-corrected chi connectivity index (χ4v) is 0.926. The maximum Gasteiger partial charge on any atom is 0.305 e. The van der Waals surface area contributed by atoms with Crippen molar-refractivity contribution in [3.8, 4) is 0 Å². The first-order valence-corrected chi connectivity index (χ1v) is 3.95. The number of oxazole rings is 1. The van der Waals surface area contributed by atoms with E-state index in [2.05, 4.69) is 9.72 Å². The molecule has 1 atom stereocenters. The molecule has 2 N–H and O–H groups in total. The van der Waals surface area contributed by atoms with Crippen LogP contribution in [0, 0.1) is 0 Å². The lowest BCUT2D eigenvalue weighted by Gasteiger charge is -2.05. The Labute approximate surface area is 75.9 Å². The fraction of sp³-hybridized carbons (Fsp3) is 0.500. The van der Waals surface area contributed by atoms with Crippen LogP contribution >= 0.6 is 0 Å². The highest BCUT2D eigenvalue weighted by Crippen LogP contribution is 2.14. The number of aromatic nitrogens is 1. The number of carbonyl (C=O) groups excluding carboxylic acids is 1. The number of hydrogen-bond acceptors (Lipinski definition) is 5. The third-order valence-corrected chi connectivity index (χ3v) is 1.70. The van der Waals surface area contributed by atoms with Crippen molar-refractivity contribution in [3.05, 3.63) is 18.4 Å². The van der Waals surface area contributed by atoms with Crippen molar-refractivity contribution in [3.63, 3.8) is 0 Å². The summed E-state index contributed by atoms with van der Waals surface area (Å²) in [7, 11) is 1.35. The van der Waals surface area contributed by atoms with Gasteiger partial charge in [-0.1, -0.05) is 0 Å². The Morgan fingerprint density at radius 2 is 2.62 bits per heavy atom. The van der Waals surface area contributed by atoms with Crippen molar-refractivity contribution in [2.45, 2.75) is 18.9 Å². The van der Waals surface area contributed by atoms with Crippen LogP contribution < -0.4 is 5.73 Å². The molecule has 0 aliphatic rings. The highest BCUT2D eigenvalue weighted by Gasteiger charge is 2.11. The fourth-order valence-electron chi connectivity index (χ4n) is 0.926. The van der Waals surface area contributed by atoms with E-state index >= 15 is 0 Å². The standard InChI is InChI=1S/C8H12N2O3/c1-12-8(11)3-2-6(9)7-4-10-5-13-7/h4-6H,2-3,9H2,1H3. The van der Waals surface area contributed by atoms with Crippen molar-refractivity contribution in [2.24, 2.45) is 5.73 Å². The summed E-state index contributed by atoms with van der Waals surface area (Å²) in [6.07, 6.45) is 3.65. The molecule has 0 fully saturated rings. The van der Waals surface area contributed by atoms with Gasteiger partial charge in [-0.2, -0.15) is 0 Å². The Hall–Kier alpha value is -1.36. The first kappa shape index (κ1) is 9.73. The molecule has 5 heteroatoms. The molecule has 13 heavy (non-hydrogen) atoms. The highest BCUT2D eigenvalue weighted by atomic mass is 16.5. The van der Waals surface area contributed by atoms with E-state index in [1.807, 2.05) is 0 Å². The van der Waals surface area contributed by atoms with Gasteiger partial charge in [0.15, 0.2) is 6.39 Å². The van der Waals surface area contributed by atoms with Gasteiger partial charge in [0.2, 0.25) is 0 Å². The third-order valence-electron chi connectivity index (χ3n) is 1.70. The summed E-state index contributed by atoms with van der Waals surface area (Å²) in [6.45, 7) is 0. The van der Waals surface area contributed by atoms with Crippen molar-refractivity contribution >= 4 is 5.97 Å². The zero-order valence-corrected chi connectivity index (χ0v) is 7.40. The molecule has 1 unspecified atom stereocenters. The minimum Gasteiger partial charge on any atom is -0.469 e. The number of hydrogen-bond donors (Lipinski definition) is 1. The molecule has 72 valence electrons. The summed E-state index contributed by atoms with van der Waals surface area (Å²) in [5.41, 5.74) is 5.70. The van der Waals surface area contributed by atoms with Crippen LogP contribution in [0.1, 0.15) is 24.6 Å². The molecule has 0 aliphatic heterocycles. The van der Waals surface area contributed by atoms with E-state index in [4.69, 9.17) is 10.2 Å². The lowest BCUT2D eigenvalue weighted by molar-refractivity contribution is -0.140. The molecule has 0 saturated carbocycles. The van der Waals surface area contributed by atoms with E-state index in [0.717, 1.165) is 0 Å². The molecule has 1 rings (SSSR count). The summed E-state index contributed by atoms with van der Waals surface area (Å²) < 4.78 is 9.45. The second-order valence-electron chi connectivity index (χ2n) is 2.63. The molecule has 1 heterocycles. The Morgan fingerprint density at radius 3 is 3.15 bits per heavy atom. The Kier molecular flexibility index (Phi) is 3.45. The number of nitrogens with zero attached hydrogens (tertiary/aromatic N) is 1. The van der Waals surface area contributed by atoms with Gasteiger partial charge in [0.05, 0.1) is 19.3 Å². The first-order valence-electron chi connectivity index (χ1n) is 3.95. The van der Waals surface area contributed by atoms with Crippen LogP contribution in [0.3, 0.4) is 0 Å². The Balaban J connectivity index is 2.34. The maximum atomic E-state index is 10.8. The summed E-state index contributed by atoms with van der Waals surface area (Å²) in [4.78, 5) is 14.5. The zero-order chi connectivity index (χ0) is 9.68. The molecule has 0 amide bonds. The van der Waals surface area contributed by atoms with Gasteiger partial charge in [0.1, 0.15) is 5.76 Å². The van der Waals surface area contributed by atoms with Gasteiger partial charge in [0, 0.05) is 6.42 Å². The Morgan fingerprint density at radius 1 is 1.85 bits per heavy atom. The van der Waals surface area contributed by atoms with Gasteiger partial charge in [-0.15, -0.1) is 0 Å². The van der Waals surface area contributed by atoms with Crippen LogP contribution in [-0.2, 0) is 9.53 Å². The van der Waals surface area contributed by atoms with E-state index in [0.29, 0.717) is 18.6 Å². The normalized spacial score (nSPS) is 12.5. The van der Waals surface area contributed by atoms with Crippen molar-refractivity contribution in [2.75, 3.05) is 7.11 Å². The van der Waals surface area contributed by atoms with Gasteiger partial charge in [-0.05, 0) is 6.42 Å². The first-order chi connectivity index (χ1) is 6.24. The summed E-state index contributed by atoms with van der Waals surface area (Å²) in [6, 6.07) is -0.290. The van der Waals surface area contributed by atoms with Gasteiger partial charge >= 0.3 is 5.97 Å². The third kappa shape index (κ3) is 2.87. The van der Waals surface area contributed by atoms with Crippen LogP contribution in [-0.4, -0.2) is 18.1 Å². The SMILES string of the molecule is COC(=O)CCC(N)c1cnco1. The van der Waals surface area contributed by atoms with E-state index < -0.39 is 0 Å². The minimum atomic E-state index is -0.290. The maximum absolute atomic E-state index is 10.8. The van der Waals surface area contributed by atoms with Crippen LogP contribution in [0.2, 0.25) is 0 Å². The van der Waals surface area contributed by atoms with Gasteiger partial charge in [-0.25, -0.2) is 4.98 Å². The van der Waals surface area contributed by atoms with Crippen molar-refractivity contribution < 1.29 is 13.9 Å². The molecule has 1 aromatic heterocycles. The number of methoxy groups -OCH3 is 1. The molecular weight excluding hydrogens is 172 g/mol. The predicted molar refractivity (Wildman–Crippen MR) is 44.7 cm³/mol. The van der Waals surface area contributed by atoms with Gasteiger partial charge < -0.3 is 14.9 Å². The lowest BCUT2D eigenvalue weighted by atomic mass is 10.1. The molecule has 0 saturated heterocycles. The average molecular weight is 184 g/mol. The number of carbonyl (C=O) groups is 1. The van der Waals surface area contributed by atoms with Gasteiger partial charge in [0.25, 0.3) is 0 Å². The molecule has 5 nitrogen and oxygen atoms in total. The average Bonchev–Trinajstić information content (AvgIpc) is 2.66. The van der Waals surface area contributed by atoms with Gasteiger partial charge in [-0.3, -0.25) is 4.79 Å². The molecule has 0 aromatic carbocycles. The molecule has 0 spiro atoms. The number of esters is 1. The number of nitrogens with two attached hydrogens (primary N) is 1. The van der Waals surface area contributed by atoms with Crippen molar-refractivity contribution in [1.29, 1.82) is 0 Å². The van der Waals surface area contributed by atoms with Crippen LogP contribution in [0.25, 0.3) is 0 Å². The largest absolute Gasteiger partial charge is 0.469 e. The van der Waals surface area contributed by atoms with Crippen LogP contribution in [0.5, 0.6) is 0 Å². The lowest BCUT2D eigenvalue weighted by Crippen LogP contribution is -2.12. The summed E-state index contributed by atoms with van der Waals surface area (Å²) in [5, 5.41) is 0. The van der Waals surface area contributed by atoms with Crippen LogP contribution in [0.15, 0.2) is 17.0 Å². The second-order valence-corrected chi connectivity index (χ2v) is 2.63. The monoisotopic (exact) mass is 184 g/mol. The van der Waals surface area contributed by atoms with E-state index in [1.165, 1.54) is 13.5 Å². The minimum absolute atomic E-state index is 0.269. The van der Waals surface area contributed by atoms with Crippen LogP contribution in [0.4, 0.5) is 0 Å². The smallest absolute Gasteiger partial charge is 0.305 e. The van der Waals surface area contributed by atoms with E-state index in [9.17, 15) is 4.79 Å². The molecule has 1 aromatic rings. The van der Waals surface area contributed by atoms with Crippen molar-refractivity contribution in [1.82, 2.24) is 4.98 Å². The molecular formula is C8H12N2O3. The summed E-state index contributed by atoms with van der Waals surface area (Å²) in [5.74, 6) is 0.318. The van der Waals surface area contributed by atoms with E-state index in [-0.39, 0.29) is 12.0 Å². The summed E-state index contributed by atoms with van der Waals surface area (Å²) >= 11 is 0. The highest BCUT2D eigenvalue weighted by molar-refractivity contribution is 5.69. The molecule has 0 bridgehead atoms. The number of rotatable bonds is 4. The Bertz CT molecular complexity index is 258. The second kappa shape index (κ2) is 4.61. The molecule has 0 aliphatic carbocycles. The topological polar surface area (TPSA) is 78.4 Å².